The van der Waals surface area contributed by atoms with Crippen molar-refractivity contribution in [1.29, 1.82) is 0 Å². The van der Waals surface area contributed by atoms with Crippen molar-refractivity contribution in [2.45, 2.75) is 26.7 Å². The second-order valence-electron chi connectivity index (χ2n) is 7.67. The molecule has 0 spiro atoms. The fourth-order valence-electron chi connectivity index (χ4n) is 3.59. The van der Waals surface area contributed by atoms with E-state index in [0.29, 0.717) is 0 Å². The molecule has 0 atom stereocenters. The van der Waals surface area contributed by atoms with E-state index < -0.39 is 0 Å². The summed E-state index contributed by atoms with van der Waals surface area (Å²) in [5, 5.41) is 5.82. The lowest BCUT2D eigenvalue weighted by atomic mass is 10.1. The van der Waals surface area contributed by atoms with Crippen LogP contribution in [0.2, 0.25) is 0 Å². The third-order valence-corrected chi connectivity index (χ3v) is 5.37. The van der Waals surface area contributed by atoms with Gasteiger partial charge >= 0.3 is 6.03 Å². The van der Waals surface area contributed by atoms with Gasteiger partial charge in [0.15, 0.2) is 0 Å². The molecule has 3 aromatic carbocycles. The number of urea groups is 1. The number of hydrogen-bond acceptors (Lipinski definition) is 2. The number of hydrogen-bond donors (Lipinski definition) is 2. The first-order valence-corrected chi connectivity index (χ1v) is 10.1. The maximum absolute atomic E-state index is 12.3. The van der Waals surface area contributed by atoms with E-state index in [-0.39, 0.29) is 6.03 Å². The number of para-hydroxylation sites is 2. The molecule has 0 saturated heterocycles. The molecule has 152 valence electrons. The summed E-state index contributed by atoms with van der Waals surface area (Å²) in [5.41, 5.74) is 7.14. The van der Waals surface area contributed by atoms with Gasteiger partial charge in [-0.05, 0) is 67.3 Å². The minimum atomic E-state index is -0.240. The number of nitrogens with zero attached hydrogens (tertiary/aromatic N) is 2. The van der Waals surface area contributed by atoms with Crippen molar-refractivity contribution in [1.82, 2.24) is 9.55 Å². The predicted molar refractivity (Wildman–Crippen MR) is 123 cm³/mol. The number of imidazole rings is 1. The smallest absolute Gasteiger partial charge is 0.323 e. The molecule has 0 aliphatic heterocycles. The molecule has 0 aliphatic rings. The summed E-state index contributed by atoms with van der Waals surface area (Å²) >= 11 is 0. The second kappa shape index (κ2) is 8.41. The molecule has 0 saturated carbocycles. The van der Waals surface area contributed by atoms with Gasteiger partial charge in [-0.2, -0.15) is 0 Å². The van der Waals surface area contributed by atoms with Crippen molar-refractivity contribution in [2.24, 2.45) is 7.05 Å². The fraction of sp³-hybridized carbons (Fsp3) is 0.200. The van der Waals surface area contributed by atoms with Crippen molar-refractivity contribution < 1.29 is 4.79 Å². The van der Waals surface area contributed by atoms with Crippen LogP contribution in [-0.4, -0.2) is 15.6 Å². The van der Waals surface area contributed by atoms with Crippen LogP contribution in [0.5, 0.6) is 0 Å². The topological polar surface area (TPSA) is 59.0 Å². The fourth-order valence-corrected chi connectivity index (χ4v) is 3.59. The Bertz CT molecular complexity index is 1190. The summed E-state index contributed by atoms with van der Waals surface area (Å²) in [4.78, 5) is 17.1. The number of rotatable bonds is 5. The molecule has 0 fully saturated rings. The zero-order valence-corrected chi connectivity index (χ0v) is 17.6. The molecule has 4 rings (SSSR count). The molecule has 5 nitrogen and oxygen atoms in total. The summed E-state index contributed by atoms with van der Waals surface area (Å²) in [6.45, 7) is 3.99. The van der Waals surface area contributed by atoms with Crippen molar-refractivity contribution in [3.8, 4) is 0 Å². The van der Waals surface area contributed by atoms with Crippen LogP contribution in [0.15, 0.2) is 66.7 Å². The number of carbonyl (C=O) groups is 1. The Morgan fingerprint density at radius 3 is 2.47 bits per heavy atom. The highest BCUT2D eigenvalue weighted by atomic mass is 16.2. The van der Waals surface area contributed by atoms with Gasteiger partial charge in [-0.15, -0.1) is 0 Å². The average Bonchev–Trinajstić information content (AvgIpc) is 3.06. The molecule has 0 aliphatic carbocycles. The first-order chi connectivity index (χ1) is 14.5. The van der Waals surface area contributed by atoms with E-state index in [1.807, 2.05) is 62.4 Å². The monoisotopic (exact) mass is 398 g/mol. The highest BCUT2D eigenvalue weighted by molar-refractivity contribution is 6.00. The average molecular weight is 399 g/mol. The second-order valence-corrected chi connectivity index (χ2v) is 7.67. The maximum Gasteiger partial charge on any atom is 0.323 e. The number of nitrogens with one attached hydrogen (secondary N) is 2. The van der Waals surface area contributed by atoms with Gasteiger partial charge in [0.1, 0.15) is 5.82 Å². The SMILES string of the molecule is Cc1ccc(C)c(NC(=O)Nc2ccc(CCc3nc4ccccc4n3C)cc2)c1. The summed E-state index contributed by atoms with van der Waals surface area (Å²) in [6, 6.07) is 21.9. The van der Waals surface area contributed by atoms with Crippen molar-refractivity contribution in [3.63, 3.8) is 0 Å². The van der Waals surface area contributed by atoms with E-state index >= 15 is 0 Å². The highest BCUT2D eigenvalue weighted by Crippen LogP contribution is 2.19. The zero-order chi connectivity index (χ0) is 21.1. The zero-order valence-electron chi connectivity index (χ0n) is 17.6. The van der Waals surface area contributed by atoms with Gasteiger partial charge in [-0.25, -0.2) is 9.78 Å². The minimum Gasteiger partial charge on any atom is -0.331 e. The van der Waals surface area contributed by atoms with Gasteiger partial charge in [0.25, 0.3) is 0 Å². The Hall–Kier alpha value is -3.60. The van der Waals surface area contributed by atoms with Gasteiger partial charge in [0, 0.05) is 24.8 Å². The number of fused-ring (bicyclic) bond motifs is 1. The number of anilines is 2. The van der Waals surface area contributed by atoms with Crippen LogP contribution in [0.3, 0.4) is 0 Å². The molecule has 2 amide bonds. The molecule has 5 heteroatoms. The minimum absolute atomic E-state index is 0.240. The lowest BCUT2D eigenvalue weighted by Crippen LogP contribution is -2.20. The van der Waals surface area contributed by atoms with E-state index in [9.17, 15) is 4.79 Å². The van der Waals surface area contributed by atoms with Crippen molar-refractivity contribution in [2.75, 3.05) is 10.6 Å². The van der Waals surface area contributed by atoms with Crippen LogP contribution in [0, 0.1) is 13.8 Å². The summed E-state index contributed by atoms with van der Waals surface area (Å²) in [5.74, 6) is 1.08. The predicted octanol–water partition coefficient (Wildman–Crippen LogP) is 5.62. The molecule has 1 aromatic heterocycles. The summed E-state index contributed by atoms with van der Waals surface area (Å²) < 4.78 is 2.16. The molecule has 30 heavy (non-hydrogen) atoms. The Balaban J connectivity index is 1.36. The van der Waals surface area contributed by atoms with Gasteiger partial charge < -0.3 is 15.2 Å². The van der Waals surface area contributed by atoms with E-state index in [2.05, 4.69) is 40.4 Å². The van der Waals surface area contributed by atoms with E-state index in [1.54, 1.807) is 0 Å². The van der Waals surface area contributed by atoms with Crippen LogP contribution in [-0.2, 0) is 19.9 Å². The first kappa shape index (κ1) is 19.7. The van der Waals surface area contributed by atoms with Gasteiger partial charge in [-0.3, -0.25) is 0 Å². The van der Waals surface area contributed by atoms with E-state index in [0.717, 1.165) is 52.2 Å². The molecule has 2 N–H and O–H groups in total. The molecular formula is C25H26N4O. The van der Waals surface area contributed by atoms with Crippen LogP contribution < -0.4 is 10.6 Å². The normalized spacial score (nSPS) is 10.9. The van der Waals surface area contributed by atoms with Crippen LogP contribution in [0.25, 0.3) is 11.0 Å². The number of benzene rings is 3. The van der Waals surface area contributed by atoms with Crippen LogP contribution >= 0.6 is 0 Å². The largest absolute Gasteiger partial charge is 0.331 e. The van der Waals surface area contributed by atoms with E-state index in [4.69, 9.17) is 4.98 Å². The molecule has 0 bridgehead atoms. The third-order valence-electron chi connectivity index (χ3n) is 5.37. The summed E-state index contributed by atoms with van der Waals surface area (Å²) in [6.07, 6.45) is 1.76. The Kier molecular flexibility index (Phi) is 5.53. The van der Waals surface area contributed by atoms with Gasteiger partial charge in [-0.1, -0.05) is 36.4 Å². The number of aromatic nitrogens is 2. The summed E-state index contributed by atoms with van der Waals surface area (Å²) in [7, 11) is 2.06. The van der Waals surface area contributed by atoms with Crippen molar-refractivity contribution in [3.05, 3.63) is 89.2 Å². The van der Waals surface area contributed by atoms with Gasteiger partial charge in [0.05, 0.1) is 11.0 Å². The first-order valence-electron chi connectivity index (χ1n) is 10.1. The van der Waals surface area contributed by atoms with Crippen molar-refractivity contribution >= 4 is 28.4 Å². The van der Waals surface area contributed by atoms with E-state index in [1.165, 1.54) is 5.56 Å². The standard InChI is InChI=1S/C25H26N4O/c1-17-8-9-18(2)22(16-17)28-25(30)26-20-13-10-19(11-14-20)12-15-24-27-21-6-4-5-7-23(21)29(24)3/h4-11,13-14,16H,12,15H2,1-3H3,(H2,26,28,30). The molecule has 4 aromatic rings. The third kappa shape index (κ3) is 4.35. The van der Waals surface area contributed by atoms with Crippen LogP contribution in [0.1, 0.15) is 22.5 Å². The molecular weight excluding hydrogens is 372 g/mol. The Morgan fingerprint density at radius 1 is 0.933 bits per heavy atom. The quantitative estimate of drug-likeness (QED) is 0.458. The Morgan fingerprint density at radius 2 is 1.70 bits per heavy atom. The lowest BCUT2D eigenvalue weighted by molar-refractivity contribution is 0.262. The maximum atomic E-state index is 12.3. The molecule has 0 radical (unpaired) electrons. The number of aryl methyl sites for hydroxylation is 5. The highest BCUT2D eigenvalue weighted by Gasteiger charge is 2.08. The lowest BCUT2D eigenvalue weighted by Gasteiger charge is -2.11. The molecule has 1 heterocycles. The number of amides is 2. The van der Waals surface area contributed by atoms with Crippen LogP contribution in [0.4, 0.5) is 16.2 Å². The number of carbonyl (C=O) groups excluding carboxylic acids is 1. The Labute approximate surface area is 176 Å². The molecule has 0 unspecified atom stereocenters. The van der Waals surface area contributed by atoms with Gasteiger partial charge in [0.2, 0.25) is 0 Å².